The van der Waals surface area contributed by atoms with Gasteiger partial charge in [0.25, 0.3) is 0 Å². The lowest BCUT2D eigenvalue weighted by Gasteiger charge is -2.23. The summed E-state index contributed by atoms with van der Waals surface area (Å²) in [6.45, 7) is 3.68. The maximum atomic E-state index is 10.3. The zero-order valence-electron chi connectivity index (χ0n) is 6.91. The Bertz CT molecular complexity index is 130. The van der Waals surface area contributed by atoms with E-state index in [2.05, 4.69) is 0 Å². The van der Waals surface area contributed by atoms with E-state index < -0.39 is 5.60 Å². The van der Waals surface area contributed by atoms with Crippen LogP contribution in [-0.4, -0.2) is 23.3 Å². The van der Waals surface area contributed by atoms with Crippen LogP contribution in [0.15, 0.2) is 0 Å². The van der Waals surface area contributed by atoms with Crippen LogP contribution >= 0.6 is 0 Å². The van der Waals surface area contributed by atoms with Crippen molar-refractivity contribution in [1.82, 2.24) is 0 Å². The van der Waals surface area contributed by atoms with Gasteiger partial charge in [-0.2, -0.15) is 0 Å². The molecule has 3 nitrogen and oxygen atoms in total. The van der Waals surface area contributed by atoms with Crippen LogP contribution in [0.2, 0.25) is 0 Å². The van der Waals surface area contributed by atoms with Crippen molar-refractivity contribution in [1.29, 1.82) is 0 Å². The average molecular weight is 158 g/mol. The highest BCUT2D eigenvalue weighted by Crippen LogP contribution is 2.19. The summed E-state index contributed by atoms with van der Waals surface area (Å²) in [6.07, 6.45) is 1.89. The van der Waals surface area contributed by atoms with Gasteiger partial charge in [0.1, 0.15) is 0 Å². The number of carbonyl (C=O) groups is 2. The first-order valence-electron chi connectivity index (χ1n) is 3.79. The molecule has 0 saturated carbocycles. The zero-order chi connectivity index (χ0) is 8.91. The first-order valence-corrected chi connectivity index (χ1v) is 3.79. The fraction of sp³-hybridized carbons (Fsp3) is 0.750. The van der Waals surface area contributed by atoms with Gasteiger partial charge in [-0.3, -0.25) is 9.59 Å². The summed E-state index contributed by atoms with van der Waals surface area (Å²) >= 11 is 0. The lowest BCUT2D eigenvalue weighted by molar-refractivity contribution is -0.141. The molecule has 0 aliphatic heterocycles. The third kappa shape index (κ3) is 2.12. The second kappa shape index (κ2) is 4.23. The molecule has 0 fully saturated rings. The molecule has 11 heavy (non-hydrogen) atoms. The zero-order valence-corrected chi connectivity index (χ0v) is 6.91. The Hall–Kier alpha value is -0.700. The highest BCUT2D eigenvalue weighted by atomic mass is 16.3. The van der Waals surface area contributed by atoms with Crippen molar-refractivity contribution in [2.24, 2.45) is 5.92 Å². The molecule has 0 bridgehead atoms. The molecule has 0 heterocycles. The van der Waals surface area contributed by atoms with E-state index in [1.807, 2.05) is 13.8 Å². The van der Waals surface area contributed by atoms with Crippen molar-refractivity contribution < 1.29 is 14.7 Å². The minimum Gasteiger partial charge on any atom is -0.375 e. The molecule has 1 N–H and O–H groups in total. The average Bonchev–Trinajstić information content (AvgIpc) is 2.06. The smallest absolute Gasteiger partial charge is 0.177 e. The number of aliphatic hydroxyl groups is 1. The minimum absolute atomic E-state index is 0.252. The number of aldehydes is 2. The highest BCUT2D eigenvalue weighted by molar-refractivity contribution is 5.87. The van der Waals surface area contributed by atoms with E-state index in [9.17, 15) is 14.7 Å². The second-order valence-electron chi connectivity index (χ2n) is 2.64. The minimum atomic E-state index is -1.76. The van der Waals surface area contributed by atoms with Gasteiger partial charge in [-0.25, -0.2) is 0 Å². The molecule has 0 aromatic heterocycles. The van der Waals surface area contributed by atoms with Crippen LogP contribution in [0.4, 0.5) is 0 Å². The predicted molar refractivity (Wildman–Crippen MR) is 41.1 cm³/mol. The molecular weight excluding hydrogens is 144 g/mol. The molecule has 0 aliphatic rings. The van der Waals surface area contributed by atoms with Crippen LogP contribution in [0.25, 0.3) is 0 Å². The lowest BCUT2D eigenvalue weighted by atomic mass is 9.86. The molecule has 0 unspecified atom stereocenters. The fourth-order valence-electron chi connectivity index (χ4n) is 1.16. The van der Waals surface area contributed by atoms with Gasteiger partial charge in [0.15, 0.2) is 18.2 Å². The molecule has 0 aliphatic carbocycles. The molecule has 0 aromatic carbocycles. The quantitative estimate of drug-likeness (QED) is 0.469. The van der Waals surface area contributed by atoms with Gasteiger partial charge in [0.2, 0.25) is 0 Å². The molecule has 0 rings (SSSR count). The summed E-state index contributed by atoms with van der Waals surface area (Å²) in [4.78, 5) is 20.7. The summed E-state index contributed by atoms with van der Waals surface area (Å²) in [5.41, 5.74) is -1.76. The van der Waals surface area contributed by atoms with Crippen molar-refractivity contribution >= 4 is 12.6 Å². The van der Waals surface area contributed by atoms with E-state index in [0.29, 0.717) is 25.4 Å². The van der Waals surface area contributed by atoms with Crippen molar-refractivity contribution in [3.63, 3.8) is 0 Å². The summed E-state index contributed by atoms with van der Waals surface area (Å²) in [7, 11) is 0. The Kier molecular flexibility index (Phi) is 3.97. The van der Waals surface area contributed by atoms with Gasteiger partial charge in [-0.15, -0.1) is 0 Å². The normalized spacial score (nSPS) is 11.6. The summed E-state index contributed by atoms with van der Waals surface area (Å²) in [6, 6.07) is 0. The first-order chi connectivity index (χ1) is 5.14. The number of hydrogen-bond donors (Lipinski definition) is 1. The van der Waals surface area contributed by atoms with Crippen LogP contribution in [0.1, 0.15) is 26.7 Å². The molecule has 0 amide bonds. The number of hydrogen-bond acceptors (Lipinski definition) is 3. The van der Waals surface area contributed by atoms with Gasteiger partial charge in [-0.1, -0.05) is 13.8 Å². The number of rotatable bonds is 5. The third-order valence-electron chi connectivity index (χ3n) is 2.02. The van der Waals surface area contributed by atoms with E-state index in [-0.39, 0.29) is 5.92 Å². The van der Waals surface area contributed by atoms with Crippen LogP contribution in [0.3, 0.4) is 0 Å². The molecule has 64 valence electrons. The standard InChI is InChI=1S/C8H14O3/c1-3-7(4-2)8(11,5-9)6-10/h5-7,11H,3-4H2,1-2H3. The van der Waals surface area contributed by atoms with Gasteiger partial charge in [-0.05, 0) is 12.8 Å². The third-order valence-corrected chi connectivity index (χ3v) is 2.02. The van der Waals surface area contributed by atoms with Crippen molar-refractivity contribution in [3.8, 4) is 0 Å². The predicted octanol–water partition coefficient (Wildman–Crippen LogP) is 0.551. The van der Waals surface area contributed by atoms with E-state index in [4.69, 9.17) is 0 Å². The monoisotopic (exact) mass is 158 g/mol. The van der Waals surface area contributed by atoms with Crippen LogP contribution in [-0.2, 0) is 9.59 Å². The number of carbonyl (C=O) groups excluding carboxylic acids is 2. The van der Waals surface area contributed by atoms with E-state index in [1.165, 1.54) is 0 Å². The van der Waals surface area contributed by atoms with Gasteiger partial charge >= 0.3 is 0 Å². The molecule has 0 atom stereocenters. The Morgan fingerprint density at radius 3 is 1.73 bits per heavy atom. The molecular formula is C8H14O3. The second-order valence-corrected chi connectivity index (χ2v) is 2.64. The molecule has 0 saturated heterocycles. The first kappa shape index (κ1) is 10.3. The molecule has 0 aromatic rings. The Morgan fingerprint density at radius 1 is 1.27 bits per heavy atom. The van der Waals surface area contributed by atoms with Crippen molar-refractivity contribution in [3.05, 3.63) is 0 Å². The van der Waals surface area contributed by atoms with Gasteiger partial charge in [0, 0.05) is 5.92 Å². The van der Waals surface area contributed by atoms with E-state index in [1.54, 1.807) is 0 Å². The summed E-state index contributed by atoms with van der Waals surface area (Å²) in [5.74, 6) is -0.252. The topological polar surface area (TPSA) is 54.4 Å². The molecule has 0 radical (unpaired) electrons. The fourth-order valence-corrected chi connectivity index (χ4v) is 1.16. The van der Waals surface area contributed by atoms with Crippen LogP contribution < -0.4 is 0 Å². The Balaban J connectivity index is 4.43. The highest BCUT2D eigenvalue weighted by Gasteiger charge is 2.33. The largest absolute Gasteiger partial charge is 0.375 e. The lowest BCUT2D eigenvalue weighted by Crippen LogP contribution is -2.40. The van der Waals surface area contributed by atoms with E-state index >= 15 is 0 Å². The van der Waals surface area contributed by atoms with E-state index in [0.717, 1.165) is 0 Å². The Morgan fingerprint density at radius 2 is 1.64 bits per heavy atom. The molecule has 3 heteroatoms. The maximum absolute atomic E-state index is 10.3. The summed E-state index contributed by atoms with van der Waals surface area (Å²) in [5, 5.41) is 9.35. The SMILES string of the molecule is CCC(CC)C(O)(C=O)C=O. The van der Waals surface area contributed by atoms with Crippen molar-refractivity contribution in [2.45, 2.75) is 32.3 Å². The van der Waals surface area contributed by atoms with Crippen LogP contribution in [0.5, 0.6) is 0 Å². The van der Waals surface area contributed by atoms with Gasteiger partial charge < -0.3 is 5.11 Å². The Labute approximate surface area is 66.4 Å². The van der Waals surface area contributed by atoms with Gasteiger partial charge in [0.05, 0.1) is 0 Å². The molecule has 0 spiro atoms. The van der Waals surface area contributed by atoms with Crippen LogP contribution in [0, 0.1) is 5.92 Å². The van der Waals surface area contributed by atoms with Crippen molar-refractivity contribution in [2.75, 3.05) is 0 Å². The summed E-state index contributed by atoms with van der Waals surface area (Å²) < 4.78 is 0. The maximum Gasteiger partial charge on any atom is 0.177 e.